The van der Waals surface area contributed by atoms with Crippen molar-refractivity contribution in [3.8, 4) is 5.75 Å². The summed E-state index contributed by atoms with van der Waals surface area (Å²) in [5.41, 5.74) is 6.45. The maximum atomic E-state index is 11.7. The number of hydrogen-bond donors (Lipinski definition) is 3. The van der Waals surface area contributed by atoms with Gasteiger partial charge in [-0.25, -0.2) is 4.63 Å². The lowest BCUT2D eigenvalue weighted by Gasteiger charge is -2.12. The number of nitrogen functional groups attached to an aromatic ring is 1. The van der Waals surface area contributed by atoms with E-state index in [1.54, 1.807) is 0 Å². The zero-order valence-corrected chi connectivity index (χ0v) is 14.3. The van der Waals surface area contributed by atoms with E-state index in [1.807, 2.05) is 32.0 Å². The molecular weight excluding hydrogens is 334 g/mol. The van der Waals surface area contributed by atoms with Crippen LogP contribution in [0.3, 0.4) is 0 Å². The van der Waals surface area contributed by atoms with Crippen molar-refractivity contribution in [1.82, 2.24) is 20.9 Å². The molecular formula is C15H20ClN5O3. The minimum Gasteiger partial charge on any atom is -0.489 e. The summed E-state index contributed by atoms with van der Waals surface area (Å²) >= 11 is 6.18. The molecule has 0 aliphatic heterocycles. The van der Waals surface area contributed by atoms with Crippen LogP contribution in [0.15, 0.2) is 22.8 Å². The van der Waals surface area contributed by atoms with E-state index in [1.165, 1.54) is 0 Å². The van der Waals surface area contributed by atoms with Crippen LogP contribution < -0.4 is 21.1 Å². The average molecular weight is 354 g/mol. The predicted molar refractivity (Wildman–Crippen MR) is 90.0 cm³/mol. The average Bonchev–Trinajstić information content (AvgIpc) is 2.95. The second kappa shape index (κ2) is 8.51. The van der Waals surface area contributed by atoms with Gasteiger partial charge in [-0.15, -0.1) is 0 Å². The third-order valence-electron chi connectivity index (χ3n) is 3.00. The molecule has 8 nitrogen and oxygen atoms in total. The molecule has 1 amide bonds. The third kappa shape index (κ3) is 5.10. The lowest BCUT2D eigenvalue weighted by atomic mass is 10.2. The molecule has 0 unspecified atom stereocenters. The Balaban J connectivity index is 1.72. The van der Waals surface area contributed by atoms with Crippen LogP contribution in [-0.2, 0) is 6.54 Å². The van der Waals surface area contributed by atoms with E-state index in [0.29, 0.717) is 30.4 Å². The van der Waals surface area contributed by atoms with Crippen molar-refractivity contribution >= 4 is 23.3 Å². The van der Waals surface area contributed by atoms with Gasteiger partial charge in [-0.3, -0.25) is 4.79 Å². The number of aromatic nitrogens is 2. The third-order valence-corrected chi connectivity index (χ3v) is 3.30. The number of ether oxygens (including phenoxy) is 1. The van der Waals surface area contributed by atoms with E-state index in [9.17, 15) is 4.79 Å². The second-order valence-electron chi connectivity index (χ2n) is 5.36. The minimum absolute atomic E-state index is 0.0116. The van der Waals surface area contributed by atoms with Crippen molar-refractivity contribution in [2.45, 2.75) is 26.5 Å². The molecule has 2 aromatic rings. The maximum Gasteiger partial charge on any atom is 0.277 e. The van der Waals surface area contributed by atoms with Crippen LogP contribution in [-0.4, -0.2) is 35.4 Å². The number of benzene rings is 1. The van der Waals surface area contributed by atoms with E-state index < -0.39 is 5.91 Å². The molecule has 0 fully saturated rings. The summed E-state index contributed by atoms with van der Waals surface area (Å²) in [6.45, 7) is 5.49. The summed E-state index contributed by atoms with van der Waals surface area (Å²) in [6.07, 6.45) is 0.0732. The summed E-state index contributed by atoms with van der Waals surface area (Å²) in [6, 6.07) is 5.64. The molecule has 0 saturated heterocycles. The fourth-order valence-electron chi connectivity index (χ4n) is 1.94. The molecule has 0 aliphatic carbocycles. The van der Waals surface area contributed by atoms with Crippen molar-refractivity contribution in [3.63, 3.8) is 0 Å². The molecule has 0 radical (unpaired) electrons. The van der Waals surface area contributed by atoms with Crippen LogP contribution in [0.2, 0.25) is 5.02 Å². The number of amides is 1. The highest BCUT2D eigenvalue weighted by Gasteiger charge is 2.14. The van der Waals surface area contributed by atoms with Crippen molar-refractivity contribution in [3.05, 3.63) is 34.5 Å². The number of carbonyl (C=O) groups is 1. The first kappa shape index (κ1) is 18.0. The highest BCUT2D eigenvalue weighted by Crippen LogP contribution is 2.26. The number of nitrogens with zero attached hydrogens (tertiary/aromatic N) is 2. The number of halogens is 1. The van der Waals surface area contributed by atoms with E-state index in [4.69, 9.17) is 22.1 Å². The van der Waals surface area contributed by atoms with E-state index in [2.05, 4.69) is 25.6 Å². The van der Waals surface area contributed by atoms with Crippen molar-refractivity contribution in [2.75, 3.05) is 18.8 Å². The first-order valence-corrected chi connectivity index (χ1v) is 7.87. The SMILES string of the molecule is CC(C)Oc1ccc(CNCCNC(=O)c2nonc2N)cc1Cl. The molecule has 0 saturated carbocycles. The number of nitrogens with one attached hydrogen (secondary N) is 2. The van der Waals surface area contributed by atoms with Gasteiger partial charge in [0, 0.05) is 19.6 Å². The largest absolute Gasteiger partial charge is 0.489 e. The van der Waals surface area contributed by atoms with Crippen LogP contribution in [0.25, 0.3) is 0 Å². The topological polar surface area (TPSA) is 115 Å². The lowest BCUT2D eigenvalue weighted by Crippen LogP contribution is -2.32. The van der Waals surface area contributed by atoms with Gasteiger partial charge < -0.3 is 21.1 Å². The van der Waals surface area contributed by atoms with Gasteiger partial charge in [0.15, 0.2) is 0 Å². The number of hydrogen-bond acceptors (Lipinski definition) is 7. The standard InChI is InChI=1S/C15H20ClN5O3/c1-9(2)23-12-4-3-10(7-11(12)16)8-18-5-6-19-15(22)13-14(17)21-24-20-13/h3-4,7,9,18H,5-6,8H2,1-2H3,(H2,17,21)(H,19,22). The molecule has 0 bridgehead atoms. The van der Waals surface area contributed by atoms with Gasteiger partial charge in [0.2, 0.25) is 11.5 Å². The first-order chi connectivity index (χ1) is 11.5. The van der Waals surface area contributed by atoms with Crippen LogP contribution >= 0.6 is 11.6 Å². The smallest absolute Gasteiger partial charge is 0.277 e. The van der Waals surface area contributed by atoms with Gasteiger partial charge >= 0.3 is 0 Å². The van der Waals surface area contributed by atoms with Gasteiger partial charge in [-0.05, 0) is 41.9 Å². The van der Waals surface area contributed by atoms with Crippen molar-refractivity contribution in [2.24, 2.45) is 0 Å². The van der Waals surface area contributed by atoms with Crippen molar-refractivity contribution in [1.29, 1.82) is 0 Å². The Kier molecular flexibility index (Phi) is 6.39. The fraction of sp³-hybridized carbons (Fsp3) is 0.400. The van der Waals surface area contributed by atoms with Gasteiger partial charge in [0.05, 0.1) is 11.1 Å². The van der Waals surface area contributed by atoms with Gasteiger partial charge in [-0.2, -0.15) is 0 Å². The molecule has 0 spiro atoms. The number of nitrogens with two attached hydrogens (primary N) is 1. The normalized spacial score (nSPS) is 10.8. The second-order valence-corrected chi connectivity index (χ2v) is 5.77. The maximum absolute atomic E-state index is 11.7. The minimum atomic E-state index is -0.422. The molecule has 1 aromatic carbocycles. The summed E-state index contributed by atoms with van der Waals surface area (Å²) in [5, 5.41) is 13.2. The van der Waals surface area contributed by atoms with Crippen LogP contribution in [0, 0.1) is 0 Å². The Morgan fingerprint density at radius 1 is 1.38 bits per heavy atom. The molecule has 9 heteroatoms. The molecule has 24 heavy (non-hydrogen) atoms. The summed E-state index contributed by atoms with van der Waals surface area (Å²) in [7, 11) is 0. The van der Waals surface area contributed by atoms with Crippen LogP contribution in [0.5, 0.6) is 5.75 Å². The summed E-state index contributed by atoms with van der Waals surface area (Å²) in [5.74, 6) is 0.217. The Morgan fingerprint density at radius 3 is 2.79 bits per heavy atom. The van der Waals surface area contributed by atoms with E-state index >= 15 is 0 Å². The Morgan fingerprint density at radius 2 is 2.17 bits per heavy atom. The number of rotatable bonds is 8. The number of anilines is 1. The summed E-state index contributed by atoms with van der Waals surface area (Å²) in [4.78, 5) is 11.7. The quantitative estimate of drug-likeness (QED) is 0.617. The Labute approximate surface area is 144 Å². The molecule has 0 aliphatic rings. The molecule has 2 rings (SSSR count). The fourth-order valence-corrected chi connectivity index (χ4v) is 2.19. The zero-order valence-electron chi connectivity index (χ0n) is 13.5. The molecule has 1 aromatic heterocycles. The highest BCUT2D eigenvalue weighted by atomic mass is 35.5. The zero-order chi connectivity index (χ0) is 17.5. The summed E-state index contributed by atoms with van der Waals surface area (Å²) < 4.78 is 9.96. The molecule has 130 valence electrons. The van der Waals surface area contributed by atoms with Gasteiger partial charge in [0.25, 0.3) is 5.91 Å². The highest BCUT2D eigenvalue weighted by molar-refractivity contribution is 6.32. The molecule has 1 heterocycles. The predicted octanol–water partition coefficient (Wildman–Crippen LogP) is 1.61. The first-order valence-electron chi connectivity index (χ1n) is 7.49. The molecule has 4 N–H and O–H groups in total. The van der Waals surface area contributed by atoms with E-state index in [0.717, 1.165) is 5.56 Å². The lowest BCUT2D eigenvalue weighted by molar-refractivity contribution is 0.0944. The Bertz CT molecular complexity index is 689. The van der Waals surface area contributed by atoms with E-state index in [-0.39, 0.29) is 17.6 Å². The van der Waals surface area contributed by atoms with Crippen molar-refractivity contribution < 1.29 is 14.2 Å². The van der Waals surface area contributed by atoms with Gasteiger partial charge in [0.1, 0.15) is 5.75 Å². The Hall–Kier alpha value is -2.32. The monoisotopic (exact) mass is 353 g/mol. The number of carbonyl (C=O) groups excluding carboxylic acids is 1. The van der Waals surface area contributed by atoms with Crippen LogP contribution in [0.1, 0.15) is 29.9 Å². The molecule has 0 atom stereocenters. The van der Waals surface area contributed by atoms with Crippen LogP contribution in [0.4, 0.5) is 5.82 Å². The van der Waals surface area contributed by atoms with Gasteiger partial charge in [-0.1, -0.05) is 17.7 Å².